The molecule has 0 spiro atoms. The lowest BCUT2D eigenvalue weighted by molar-refractivity contribution is -0.137. The van der Waals surface area contributed by atoms with Crippen LogP contribution >= 0.6 is 0 Å². The first-order chi connectivity index (χ1) is 16.9. The summed E-state index contributed by atoms with van der Waals surface area (Å²) in [5, 5.41) is 14.9. The van der Waals surface area contributed by atoms with Gasteiger partial charge in [0.25, 0.3) is 0 Å². The summed E-state index contributed by atoms with van der Waals surface area (Å²) < 4.78 is 5.69. The van der Waals surface area contributed by atoms with Crippen molar-refractivity contribution in [2.24, 2.45) is 17.8 Å². The third-order valence-corrected chi connectivity index (χ3v) is 8.10. The van der Waals surface area contributed by atoms with Crippen LogP contribution < -0.4 is 10.6 Å². The summed E-state index contributed by atoms with van der Waals surface area (Å²) in [4.78, 5) is 36.3. The van der Waals surface area contributed by atoms with Crippen molar-refractivity contribution >= 4 is 18.0 Å². The number of amides is 2. The van der Waals surface area contributed by atoms with Gasteiger partial charge in [-0.2, -0.15) is 0 Å². The minimum atomic E-state index is -0.906. The van der Waals surface area contributed by atoms with Crippen LogP contribution in [0.15, 0.2) is 48.5 Å². The van der Waals surface area contributed by atoms with Crippen LogP contribution in [0.1, 0.15) is 56.1 Å². The Bertz CT molecular complexity index is 1090. The zero-order chi connectivity index (χ0) is 24.5. The Hall–Kier alpha value is -3.35. The minimum absolute atomic E-state index is 0.0226. The van der Waals surface area contributed by atoms with Crippen LogP contribution in [0, 0.1) is 17.8 Å². The van der Waals surface area contributed by atoms with E-state index in [1.54, 1.807) is 0 Å². The number of hydrogen-bond donors (Lipinski definition) is 3. The molecule has 184 valence electrons. The number of carboxylic acid groups (broad SMARTS) is 1. The second-order valence-electron chi connectivity index (χ2n) is 10.1. The Morgan fingerprint density at radius 3 is 2.29 bits per heavy atom. The van der Waals surface area contributed by atoms with Gasteiger partial charge in [-0.25, -0.2) is 4.79 Å². The van der Waals surface area contributed by atoms with Crippen LogP contribution in [0.2, 0.25) is 0 Å². The maximum Gasteiger partial charge on any atom is 0.407 e. The maximum atomic E-state index is 12.7. The molecule has 0 bridgehead atoms. The fourth-order valence-corrected chi connectivity index (χ4v) is 6.23. The van der Waals surface area contributed by atoms with Gasteiger partial charge in [0, 0.05) is 23.9 Å². The number of nitrogens with one attached hydrogen (secondary N) is 2. The average Bonchev–Trinajstić information content (AvgIpc) is 3.35. The van der Waals surface area contributed by atoms with Crippen LogP contribution in [0.4, 0.5) is 4.79 Å². The molecule has 7 heteroatoms. The van der Waals surface area contributed by atoms with Crippen molar-refractivity contribution < 1.29 is 24.2 Å². The van der Waals surface area contributed by atoms with Crippen LogP contribution in [0.3, 0.4) is 0 Å². The second kappa shape index (κ2) is 9.72. The summed E-state index contributed by atoms with van der Waals surface area (Å²) in [5.41, 5.74) is 4.76. The molecule has 35 heavy (non-hydrogen) atoms. The third-order valence-electron chi connectivity index (χ3n) is 8.10. The molecule has 5 atom stereocenters. The van der Waals surface area contributed by atoms with Gasteiger partial charge >= 0.3 is 12.1 Å². The summed E-state index contributed by atoms with van der Waals surface area (Å²) in [6.45, 7) is 2.16. The van der Waals surface area contributed by atoms with Gasteiger partial charge in [0.2, 0.25) is 5.91 Å². The van der Waals surface area contributed by atoms with E-state index >= 15 is 0 Å². The van der Waals surface area contributed by atoms with Gasteiger partial charge in [-0.1, -0.05) is 55.5 Å². The van der Waals surface area contributed by atoms with E-state index in [1.165, 1.54) is 22.3 Å². The monoisotopic (exact) mass is 476 g/mol. The van der Waals surface area contributed by atoms with Gasteiger partial charge in [0.05, 0.1) is 6.42 Å². The first-order valence-corrected chi connectivity index (χ1v) is 12.6. The normalized spacial score (nSPS) is 24.9. The Morgan fingerprint density at radius 2 is 1.66 bits per heavy atom. The van der Waals surface area contributed by atoms with E-state index in [1.807, 2.05) is 31.2 Å². The van der Waals surface area contributed by atoms with E-state index in [9.17, 15) is 14.4 Å². The summed E-state index contributed by atoms with van der Waals surface area (Å²) in [6, 6.07) is 16.2. The smallest absolute Gasteiger partial charge is 0.407 e. The number of aliphatic carboxylic acids is 1. The highest BCUT2D eigenvalue weighted by Crippen LogP contribution is 2.50. The molecule has 7 nitrogen and oxygen atoms in total. The number of benzene rings is 2. The van der Waals surface area contributed by atoms with Crippen LogP contribution in [0.25, 0.3) is 11.1 Å². The highest BCUT2D eigenvalue weighted by molar-refractivity contribution is 5.81. The van der Waals surface area contributed by atoms with E-state index < -0.39 is 12.1 Å². The number of carbonyl (C=O) groups is 3. The molecule has 2 saturated carbocycles. The van der Waals surface area contributed by atoms with Gasteiger partial charge in [-0.05, 0) is 59.8 Å². The molecular weight excluding hydrogens is 444 g/mol. The van der Waals surface area contributed by atoms with E-state index in [4.69, 9.17) is 9.84 Å². The molecule has 3 N–H and O–H groups in total. The fraction of sp³-hybridized carbons (Fsp3) is 0.464. The highest BCUT2D eigenvalue weighted by atomic mass is 16.5. The topological polar surface area (TPSA) is 105 Å². The molecule has 5 rings (SSSR count). The molecule has 0 aromatic heterocycles. The lowest BCUT2D eigenvalue weighted by atomic mass is 9.71. The van der Waals surface area contributed by atoms with E-state index in [2.05, 4.69) is 34.9 Å². The number of fused-ring (bicyclic) bond motifs is 4. The van der Waals surface area contributed by atoms with Crippen molar-refractivity contribution in [3.63, 3.8) is 0 Å². The van der Waals surface area contributed by atoms with Crippen LogP contribution in [-0.2, 0) is 14.3 Å². The zero-order valence-electron chi connectivity index (χ0n) is 19.9. The number of carboxylic acids is 1. The molecular formula is C28H32N2O5. The van der Waals surface area contributed by atoms with Crippen molar-refractivity contribution in [3.05, 3.63) is 59.7 Å². The average molecular weight is 477 g/mol. The van der Waals surface area contributed by atoms with Gasteiger partial charge in [-0.15, -0.1) is 0 Å². The predicted octanol–water partition coefficient (Wildman–Crippen LogP) is 4.31. The minimum Gasteiger partial charge on any atom is -0.481 e. The molecule has 2 aromatic rings. The van der Waals surface area contributed by atoms with Crippen molar-refractivity contribution in [1.29, 1.82) is 0 Å². The highest BCUT2D eigenvalue weighted by Gasteiger charge is 2.50. The van der Waals surface area contributed by atoms with Crippen molar-refractivity contribution in [2.75, 3.05) is 6.61 Å². The SMILES string of the molecule is CC[C@@H](CC(=O)O)NC(=O)C1CC2CC(NC(=O)OCC3c4ccccc4-c4ccccc43)C2C1. The largest absolute Gasteiger partial charge is 0.481 e. The summed E-state index contributed by atoms with van der Waals surface area (Å²) in [6.07, 6.45) is 2.48. The second-order valence-corrected chi connectivity index (χ2v) is 10.1. The molecule has 0 radical (unpaired) electrons. The van der Waals surface area contributed by atoms with E-state index in [-0.39, 0.29) is 48.8 Å². The van der Waals surface area contributed by atoms with E-state index in [0.717, 1.165) is 12.8 Å². The van der Waals surface area contributed by atoms with Crippen molar-refractivity contribution in [2.45, 2.75) is 57.0 Å². The molecule has 2 amide bonds. The molecule has 3 aliphatic rings. The molecule has 4 unspecified atom stereocenters. The summed E-state index contributed by atoms with van der Waals surface area (Å²) in [5.74, 6) is -0.375. The van der Waals surface area contributed by atoms with Crippen molar-refractivity contribution in [1.82, 2.24) is 10.6 Å². The Kier molecular flexibility index (Phi) is 6.50. The number of ether oxygens (including phenoxy) is 1. The Balaban J connectivity index is 1.12. The first kappa shape index (κ1) is 23.4. The number of alkyl carbamates (subject to hydrolysis) is 1. The first-order valence-electron chi connectivity index (χ1n) is 12.6. The molecule has 0 aliphatic heterocycles. The fourth-order valence-electron chi connectivity index (χ4n) is 6.23. The standard InChI is InChI=1S/C28H32N2O5/c1-2-18(14-26(31)32)29-27(33)17-11-16-13-25(23(16)12-17)30-28(34)35-15-24-21-9-5-3-7-19(21)20-8-4-6-10-22(20)24/h3-10,16-18,23-25H,2,11-15H2,1H3,(H,29,33)(H,30,34)(H,31,32)/t16?,17?,18-,23?,25?/m0/s1. The molecule has 0 saturated heterocycles. The lowest BCUT2D eigenvalue weighted by Crippen LogP contribution is -2.50. The molecule has 0 heterocycles. The molecule has 2 aromatic carbocycles. The van der Waals surface area contributed by atoms with E-state index in [0.29, 0.717) is 18.8 Å². The number of hydrogen-bond acceptors (Lipinski definition) is 4. The van der Waals surface area contributed by atoms with Gasteiger partial charge in [0.15, 0.2) is 0 Å². The zero-order valence-corrected chi connectivity index (χ0v) is 19.9. The Labute approximate surface area is 205 Å². The van der Waals surface area contributed by atoms with Gasteiger partial charge < -0.3 is 20.5 Å². The quantitative estimate of drug-likeness (QED) is 0.527. The van der Waals surface area contributed by atoms with Crippen LogP contribution in [-0.4, -0.2) is 41.8 Å². The molecule has 2 fully saturated rings. The third kappa shape index (κ3) is 4.64. The van der Waals surface area contributed by atoms with Gasteiger partial charge in [0.1, 0.15) is 6.61 Å². The predicted molar refractivity (Wildman–Crippen MR) is 131 cm³/mol. The van der Waals surface area contributed by atoms with Gasteiger partial charge in [-0.3, -0.25) is 9.59 Å². The maximum absolute atomic E-state index is 12.7. The summed E-state index contributed by atoms with van der Waals surface area (Å²) in [7, 11) is 0. The Morgan fingerprint density at radius 1 is 1.00 bits per heavy atom. The van der Waals surface area contributed by atoms with Crippen LogP contribution in [0.5, 0.6) is 0 Å². The molecule has 3 aliphatic carbocycles. The van der Waals surface area contributed by atoms with Crippen molar-refractivity contribution in [3.8, 4) is 11.1 Å². The number of carbonyl (C=O) groups excluding carboxylic acids is 2. The summed E-state index contributed by atoms with van der Waals surface area (Å²) >= 11 is 0. The lowest BCUT2D eigenvalue weighted by Gasteiger charge is -2.40. The number of rotatable bonds is 8.